The molecule has 7 rings (SSSR count). The number of hydrogen-bond acceptors (Lipinski definition) is 9. The van der Waals surface area contributed by atoms with E-state index in [0.29, 0.717) is 28.3 Å². The van der Waals surface area contributed by atoms with Gasteiger partial charge in [0.05, 0.1) is 28.5 Å². The van der Waals surface area contributed by atoms with Crippen LogP contribution >= 0.6 is 23.2 Å². The third-order valence-electron chi connectivity index (χ3n) is 12.1. The zero-order chi connectivity index (χ0) is 44.2. The number of benzene rings is 3. The summed E-state index contributed by atoms with van der Waals surface area (Å²) in [5.74, 6) is 0.171. The molecule has 328 valence electrons. The van der Waals surface area contributed by atoms with Crippen LogP contribution in [-0.2, 0) is 34.0 Å². The van der Waals surface area contributed by atoms with E-state index < -0.39 is 23.2 Å². The minimum atomic E-state index is -0.748. The summed E-state index contributed by atoms with van der Waals surface area (Å²) in [6, 6.07) is 21.9. The highest BCUT2D eigenvalue weighted by atomic mass is 35.5. The maximum Gasteiger partial charge on any atom is 0.326 e. The molecule has 0 bridgehead atoms. The van der Waals surface area contributed by atoms with Gasteiger partial charge in [0.25, 0.3) is 0 Å². The Labute approximate surface area is 377 Å². The van der Waals surface area contributed by atoms with E-state index in [1.165, 1.54) is 45.0 Å². The number of fused-ring (bicyclic) bond motifs is 1. The number of rotatable bonds is 13. The summed E-state index contributed by atoms with van der Waals surface area (Å²) >= 11 is 14.5. The van der Waals surface area contributed by atoms with Crippen molar-refractivity contribution in [2.75, 3.05) is 44.7 Å². The molecule has 0 unspecified atom stereocenters. The molecule has 2 aromatic heterocycles. The number of pyridine rings is 1. The predicted molar refractivity (Wildman–Crippen MR) is 249 cm³/mol. The highest BCUT2D eigenvalue weighted by molar-refractivity contribution is 6.36. The number of piperidine rings is 2. The largest absolute Gasteiger partial charge is 0.489 e. The molecule has 2 aliphatic rings. The third-order valence-corrected chi connectivity index (χ3v) is 12.8. The number of nitrogens with zero attached hydrogens (tertiary/aromatic N) is 5. The van der Waals surface area contributed by atoms with Crippen molar-refractivity contribution < 1.29 is 19.0 Å². The predicted octanol–water partition coefficient (Wildman–Crippen LogP) is 10.4. The molecular formula is C50H60Cl2N6O4. The molecule has 2 fully saturated rings. The van der Waals surface area contributed by atoms with E-state index in [2.05, 4.69) is 86.4 Å². The molecule has 0 radical (unpaired) electrons. The van der Waals surface area contributed by atoms with Gasteiger partial charge in [0, 0.05) is 77.4 Å². The van der Waals surface area contributed by atoms with E-state index >= 15 is 0 Å². The summed E-state index contributed by atoms with van der Waals surface area (Å²) in [5.41, 5.74) is 6.37. The van der Waals surface area contributed by atoms with Crippen molar-refractivity contribution in [1.82, 2.24) is 19.8 Å². The van der Waals surface area contributed by atoms with Crippen LogP contribution < -0.4 is 15.0 Å². The van der Waals surface area contributed by atoms with Crippen molar-refractivity contribution >= 4 is 45.8 Å². The van der Waals surface area contributed by atoms with Crippen molar-refractivity contribution in [2.24, 2.45) is 5.41 Å². The van der Waals surface area contributed by atoms with E-state index in [9.17, 15) is 10.1 Å². The number of aromatic nitrogens is 2. The van der Waals surface area contributed by atoms with Crippen LogP contribution in [0.15, 0.2) is 79.3 Å². The molecule has 4 heterocycles. The Hall–Kier alpha value is -4.63. The molecule has 0 saturated carbocycles. The molecule has 1 N–H and O–H groups in total. The maximum absolute atomic E-state index is 13.4. The lowest BCUT2D eigenvalue weighted by molar-refractivity contribution is -0.160. The van der Waals surface area contributed by atoms with Gasteiger partial charge in [-0.3, -0.25) is 15.1 Å². The van der Waals surface area contributed by atoms with Crippen molar-refractivity contribution in [3.05, 3.63) is 112 Å². The average Bonchev–Trinajstić information content (AvgIpc) is 3.64. The quantitative estimate of drug-likeness (QED) is 0.116. The fourth-order valence-electron chi connectivity index (χ4n) is 8.54. The third kappa shape index (κ3) is 11.1. The maximum atomic E-state index is 13.4. The number of carbonyl (C=O) groups excluding carboxylic acids is 1. The van der Waals surface area contributed by atoms with Gasteiger partial charge in [-0.2, -0.15) is 5.26 Å². The van der Waals surface area contributed by atoms with Crippen LogP contribution in [0.1, 0.15) is 89.5 Å². The molecule has 2 aliphatic heterocycles. The van der Waals surface area contributed by atoms with E-state index in [-0.39, 0.29) is 19.8 Å². The standard InChI is InChI=1S/C50H60Cl2N6O4/c1-48(2,3)61-33-42(47(59)62-49(4,5)6)55-30-36-25-41(51)37(26-45(36)60-32-35-24-34(27-53)28-54-29-35)31-58-19-14-39-38(10-8-12-43(39)58)40-11-9-13-44(46(40)52)57-22-17-50(18-23-57)15-20-56(7)21-16-50/h8-14,19,24-26,28-29,42,55H,15-18,20-23,30-33H2,1-7H3/t42-/m0/s1. The SMILES string of the molecule is CN1CCC2(CC1)CCN(c1cccc(-c3cccc4c3ccn4Cc3cc(OCc4cncc(C#N)c4)c(CN[C@@H](COC(C)(C)C)C(=O)OC(C)(C)C)cc3Cl)c1Cl)CC2. The monoisotopic (exact) mass is 878 g/mol. The second-order valence-corrected chi connectivity index (χ2v) is 19.8. The zero-order valence-corrected chi connectivity index (χ0v) is 38.7. The molecular weight excluding hydrogens is 819 g/mol. The van der Waals surface area contributed by atoms with Crippen molar-refractivity contribution in [3.63, 3.8) is 0 Å². The number of ether oxygens (including phenoxy) is 3. The van der Waals surface area contributed by atoms with Crippen LogP contribution in [0.2, 0.25) is 10.0 Å². The molecule has 2 saturated heterocycles. The number of likely N-dealkylation sites (tertiary alicyclic amines) is 1. The lowest BCUT2D eigenvalue weighted by Gasteiger charge is -2.47. The number of halogens is 2. The zero-order valence-electron chi connectivity index (χ0n) is 37.2. The van der Waals surface area contributed by atoms with Gasteiger partial charge in [-0.25, -0.2) is 0 Å². The number of anilines is 1. The molecule has 1 spiro atoms. The number of nitriles is 1. The first-order valence-corrected chi connectivity index (χ1v) is 22.4. The summed E-state index contributed by atoms with van der Waals surface area (Å²) in [4.78, 5) is 22.5. The van der Waals surface area contributed by atoms with Gasteiger partial charge < -0.3 is 28.6 Å². The number of carbonyl (C=O) groups is 1. The smallest absolute Gasteiger partial charge is 0.326 e. The van der Waals surface area contributed by atoms with Crippen LogP contribution in [0.3, 0.4) is 0 Å². The minimum absolute atomic E-state index is 0.113. The molecule has 62 heavy (non-hydrogen) atoms. The van der Waals surface area contributed by atoms with Gasteiger partial charge in [0.2, 0.25) is 0 Å². The molecule has 0 aliphatic carbocycles. The number of esters is 1. The van der Waals surface area contributed by atoms with Crippen LogP contribution in [-0.4, -0.2) is 77.5 Å². The summed E-state index contributed by atoms with van der Waals surface area (Å²) in [5, 5.41) is 15.3. The van der Waals surface area contributed by atoms with Gasteiger partial charge in [-0.15, -0.1) is 0 Å². The highest BCUT2D eigenvalue weighted by Crippen LogP contribution is 2.45. The van der Waals surface area contributed by atoms with Crippen molar-refractivity contribution in [3.8, 4) is 22.9 Å². The average molecular weight is 880 g/mol. The Bertz CT molecular complexity index is 2410. The second-order valence-electron chi connectivity index (χ2n) is 19.0. The number of hydrogen-bond donors (Lipinski definition) is 1. The van der Waals surface area contributed by atoms with Gasteiger partial charge in [0.1, 0.15) is 30.1 Å². The molecule has 12 heteroatoms. The fourth-order valence-corrected chi connectivity index (χ4v) is 9.13. The summed E-state index contributed by atoms with van der Waals surface area (Å²) < 4.78 is 20.5. The topological polar surface area (TPSA) is 105 Å². The van der Waals surface area contributed by atoms with Crippen LogP contribution in [0.25, 0.3) is 22.0 Å². The van der Waals surface area contributed by atoms with Gasteiger partial charge in [-0.05, 0) is 140 Å². The minimum Gasteiger partial charge on any atom is -0.489 e. The summed E-state index contributed by atoms with van der Waals surface area (Å²) in [6.07, 6.45) is 10.3. The molecule has 3 aromatic carbocycles. The second kappa shape index (κ2) is 19.0. The molecule has 1 atom stereocenters. The van der Waals surface area contributed by atoms with Crippen LogP contribution in [0, 0.1) is 16.7 Å². The fraction of sp³-hybridized carbons (Fsp3) is 0.460. The molecule has 10 nitrogen and oxygen atoms in total. The van der Waals surface area contributed by atoms with E-state index in [1.54, 1.807) is 12.3 Å². The van der Waals surface area contributed by atoms with E-state index in [1.807, 2.05) is 53.7 Å². The Balaban J connectivity index is 1.15. The Morgan fingerprint density at radius 2 is 1.61 bits per heavy atom. The first-order chi connectivity index (χ1) is 29.5. The van der Waals surface area contributed by atoms with Crippen molar-refractivity contribution in [2.45, 2.75) is 104 Å². The first kappa shape index (κ1) is 45.4. The molecule has 0 amide bonds. The Kier molecular flexibility index (Phi) is 13.9. The normalized spacial score (nSPS) is 16.4. The van der Waals surface area contributed by atoms with Crippen LogP contribution in [0.4, 0.5) is 5.69 Å². The Morgan fingerprint density at radius 3 is 2.32 bits per heavy atom. The highest BCUT2D eigenvalue weighted by Gasteiger charge is 2.37. The lowest BCUT2D eigenvalue weighted by atomic mass is 9.71. The lowest BCUT2D eigenvalue weighted by Crippen LogP contribution is -2.46. The first-order valence-electron chi connectivity index (χ1n) is 21.7. The van der Waals surface area contributed by atoms with Gasteiger partial charge >= 0.3 is 5.97 Å². The van der Waals surface area contributed by atoms with E-state index in [0.717, 1.165) is 62.5 Å². The summed E-state index contributed by atoms with van der Waals surface area (Å²) in [6.45, 7) is 16.8. The van der Waals surface area contributed by atoms with Gasteiger partial charge in [-0.1, -0.05) is 47.5 Å². The van der Waals surface area contributed by atoms with Gasteiger partial charge in [0.15, 0.2) is 0 Å². The summed E-state index contributed by atoms with van der Waals surface area (Å²) in [7, 11) is 2.23. The van der Waals surface area contributed by atoms with E-state index in [4.69, 9.17) is 37.4 Å². The molecule has 5 aromatic rings. The van der Waals surface area contributed by atoms with Crippen LogP contribution in [0.5, 0.6) is 5.75 Å². The van der Waals surface area contributed by atoms with Crippen molar-refractivity contribution in [1.29, 1.82) is 5.26 Å². The Morgan fingerprint density at radius 1 is 0.903 bits per heavy atom. The number of nitrogens with one attached hydrogen (secondary N) is 1.